The van der Waals surface area contributed by atoms with E-state index in [4.69, 9.17) is 5.11 Å². The number of nitro groups is 1. The highest BCUT2D eigenvalue weighted by atomic mass is 127. The third-order valence-electron chi connectivity index (χ3n) is 3.03. The first-order valence-corrected chi connectivity index (χ1v) is 7.25. The zero-order chi connectivity index (χ0) is 15.5. The van der Waals surface area contributed by atoms with Crippen LogP contribution in [0.3, 0.4) is 0 Å². The van der Waals surface area contributed by atoms with Gasteiger partial charge >= 0.3 is 0 Å². The predicted octanol–water partition coefficient (Wildman–Crippen LogP) is 3.55. The van der Waals surface area contributed by atoms with Gasteiger partial charge in [-0.15, -0.1) is 0 Å². The highest BCUT2D eigenvalue weighted by Crippen LogP contribution is 2.32. The number of aliphatic hydroxyl groups excluding tert-OH is 1. The molecule has 2 N–H and O–H groups in total. The van der Waals surface area contributed by atoms with Crippen molar-refractivity contribution >= 4 is 34.0 Å². The van der Waals surface area contributed by atoms with Gasteiger partial charge in [-0.05, 0) is 34.4 Å². The van der Waals surface area contributed by atoms with Crippen molar-refractivity contribution in [1.29, 1.82) is 0 Å². The van der Waals surface area contributed by atoms with Crippen molar-refractivity contribution in [3.63, 3.8) is 0 Å². The Balaban J connectivity index is 3.18. The summed E-state index contributed by atoms with van der Waals surface area (Å²) < 4.78 is 13.8. The molecule has 7 heteroatoms. The molecule has 0 aromatic heterocycles. The lowest BCUT2D eigenvalue weighted by molar-refractivity contribution is -0.384. The largest absolute Gasteiger partial charge is 0.396 e. The third kappa shape index (κ3) is 4.27. The number of benzene rings is 1. The molecule has 0 saturated carbocycles. The number of nitro benzene ring substituents is 1. The first kappa shape index (κ1) is 17.1. The molecule has 112 valence electrons. The molecule has 0 aliphatic carbocycles. The van der Waals surface area contributed by atoms with Crippen molar-refractivity contribution in [3.05, 3.63) is 31.6 Å². The molecule has 5 nitrogen and oxygen atoms in total. The Kier molecular flexibility index (Phi) is 5.69. The molecular formula is C13H18FIN2O3. The van der Waals surface area contributed by atoms with Gasteiger partial charge in [0.1, 0.15) is 11.5 Å². The number of aliphatic hydroxyl groups is 1. The van der Waals surface area contributed by atoms with Gasteiger partial charge in [-0.25, -0.2) is 4.39 Å². The van der Waals surface area contributed by atoms with Crippen LogP contribution in [0.5, 0.6) is 0 Å². The van der Waals surface area contributed by atoms with Crippen LogP contribution in [0.2, 0.25) is 0 Å². The number of nitrogens with one attached hydrogen (secondary N) is 1. The van der Waals surface area contributed by atoms with Gasteiger partial charge in [0.05, 0.1) is 8.49 Å². The summed E-state index contributed by atoms with van der Waals surface area (Å²) >= 11 is 1.72. The summed E-state index contributed by atoms with van der Waals surface area (Å²) in [6, 6.07) is 2.14. The Morgan fingerprint density at radius 2 is 2.10 bits per heavy atom. The minimum atomic E-state index is -0.539. The summed E-state index contributed by atoms with van der Waals surface area (Å²) in [5, 5.41) is 23.2. The minimum absolute atomic E-state index is 0.0460. The molecule has 1 unspecified atom stereocenters. The predicted molar refractivity (Wildman–Crippen MR) is 84.3 cm³/mol. The molecule has 0 heterocycles. The Morgan fingerprint density at radius 1 is 1.50 bits per heavy atom. The van der Waals surface area contributed by atoms with E-state index in [2.05, 4.69) is 5.32 Å². The quantitative estimate of drug-likeness (QED) is 0.454. The first-order chi connectivity index (χ1) is 9.16. The minimum Gasteiger partial charge on any atom is -0.396 e. The fourth-order valence-electron chi connectivity index (χ4n) is 1.84. The highest BCUT2D eigenvalue weighted by Gasteiger charge is 2.27. The Hall–Kier alpha value is -0.960. The van der Waals surface area contributed by atoms with E-state index >= 15 is 0 Å². The maximum absolute atomic E-state index is 13.6. The lowest BCUT2D eigenvalue weighted by Crippen LogP contribution is -2.35. The maximum Gasteiger partial charge on any atom is 0.293 e. The summed E-state index contributed by atoms with van der Waals surface area (Å²) in [4.78, 5) is 10.5. The SMILES string of the molecule is CC(C)(C)C(CCO)Nc1cc(F)c(I)cc1[N+](=O)[O-]. The van der Waals surface area contributed by atoms with Gasteiger partial charge in [0, 0.05) is 24.8 Å². The van der Waals surface area contributed by atoms with Crippen LogP contribution in [0.1, 0.15) is 27.2 Å². The smallest absolute Gasteiger partial charge is 0.293 e. The van der Waals surface area contributed by atoms with E-state index in [1.807, 2.05) is 20.8 Å². The highest BCUT2D eigenvalue weighted by molar-refractivity contribution is 14.1. The van der Waals surface area contributed by atoms with Crippen molar-refractivity contribution in [2.24, 2.45) is 5.41 Å². The van der Waals surface area contributed by atoms with Gasteiger partial charge in [0.2, 0.25) is 0 Å². The van der Waals surface area contributed by atoms with Gasteiger partial charge in [-0.3, -0.25) is 10.1 Å². The van der Waals surface area contributed by atoms with Crippen LogP contribution >= 0.6 is 22.6 Å². The summed E-state index contributed by atoms with van der Waals surface area (Å²) in [5.41, 5.74) is -0.250. The summed E-state index contributed by atoms with van der Waals surface area (Å²) in [6.07, 6.45) is 0.425. The summed E-state index contributed by atoms with van der Waals surface area (Å²) in [7, 11) is 0. The van der Waals surface area contributed by atoms with Crippen LogP contribution in [-0.2, 0) is 0 Å². The fraction of sp³-hybridized carbons (Fsp3) is 0.538. The van der Waals surface area contributed by atoms with Gasteiger partial charge in [-0.2, -0.15) is 0 Å². The molecule has 1 aromatic rings. The van der Waals surface area contributed by atoms with Gasteiger partial charge in [0.15, 0.2) is 0 Å². The van der Waals surface area contributed by atoms with Gasteiger partial charge in [0.25, 0.3) is 5.69 Å². The van der Waals surface area contributed by atoms with Gasteiger partial charge in [-0.1, -0.05) is 20.8 Å². The van der Waals surface area contributed by atoms with Crippen LogP contribution in [0, 0.1) is 24.9 Å². The number of halogens is 2. The Morgan fingerprint density at radius 3 is 2.55 bits per heavy atom. The second-order valence-electron chi connectivity index (χ2n) is 5.62. The number of hydrogen-bond acceptors (Lipinski definition) is 4. The number of rotatable bonds is 5. The van der Waals surface area contributed by atoms with E-state index in [9.17, 15) is 14.5 Å². The zero-order valence-electron chi connectivity index (χ0n) is 11.6. The molecular weight excluding hydrogens is 378 g/mol. The van der Waals surface area contributed by atoms with Crippen LogP contribution in [0.15, 0.2) is 12.1 Å². The molecule has 0 bridgehead atoms. The number of hydrogen-bond donors (Lipinski definition) is 2. The van der Waals surface area contributed by atoms with Crippen molar-refractivity contribution in [2.75, 3.05) is 11.9 Å². The average molecular weight is 396 g/mol. The average Bonchev–Trinajstić information content (AvgIpc) is 2.31. The normalized spacial score (nSPS) is 13.1. The number of nitrogens with zero attached hydrogens (tertiary/aromatic N) is 1. The maximum atomic E-state index is 13.6. The van der Waals surface area contributed by atoms with Crippen molar-refractivity contribution in [1.82, 2.24) is 0 Å². The second-order valence-corrected chi connectivity index (χ2v) is 6.78. The van der Waals surface area contributed by atoms with Crippen molar-refractivity contribution in [3.8, 4) is 0 Å². The molecule has 0 fully saturated rings. The fourth-order valence-corrected chi connectivity index (χ4v) is 2.29. The lowest BCUT2D eigenvalue weighted by Gasteiger charge is -2.31. The van der Waals surface area contributed by atoms with Crippen molar-refractivity contribution < 1.29 is 14.4 Å². The van der Waals surface area contributed by atoms with E-state index in [0.29, 0.717) is 6.42 Å². The monoisotopic (exact) mass is 396 g/mol. The van der Waals surface area contributed by atoms with Crippen LogP contribution in [0.4, 0.5) is 15.8 Å². The van der Waals surface area contributed by atoms with Crippen LogP contribution in [-0.4, -0.2) is 22.7 Å². The van der Waals surface area contributed by atoms with E-state index in [1.54, 1.807) is 22.6 Å². The first-order valence-electron chi connectivity index (χ1n) is 6.17. The molecule has 20 heavy (non-hydrogen) atoms. The molecule has 0 aliphatic heterocycles. The second kappa shape index (κ2) is 6.66. The van der Waals surface area contributed by atoms with E-state index in [0.717, 1.165) is 6.07 Å². The summed E-state index contributed by atoms with van der Waals surface area (Å²) in [6.45, 7) is 5.81. The summed E-state index contributed by atoms with van der Waals surface area (Å²) in [5.74, 6) is -0.504. The van der Waals surface area contributed by atoms with E-state index in [1.165, 1.54) is 6.07 Å². The Bertz CT molecular complexity index is 503. The molecule has 1 atom stereocenters. The standard InChI is InChI=1S/C13H18FIN2O3/c1-13(2,3)12(4-5-18)16-10-6-8(14)9(15)7-11(10)17(19)20/h6-7,12,16,18H,4-5H2,1-3H3. The number of anilines is 1. The third-order valence-corrected chi connectivity index (χ3v) is 3.85. The van der Waals surface area contributed by atoms with E-state index in [-0.39, 0.29) is 33.0 Å². The molecule has 0 aliphatic rings. The van der Waals surface area contributed by atoms with Crippen molar-refractivity contribution in [2.45, 2.75) is 33.2 Å². The van der Waals surface area contributed by atoms with Crippen LogP contribution in [0.25, 0.3) is 0 Å². The van der Waals surface area contributed by atoms with Gasteiger partial charge < -0.3 is 10.4 Å². The molecule has 0 amide bonds. The lowest BCUT2D eigenvalue weighted by atomic mass is 9.84. The molecule has 1 aromatic carbocycles. The molecule has 1 rings (SSSR count). The Labute approximate surface area is 130 Å². The molecule has 0 saturated heterocycles. The molecule has 0 radical (unpaired) electrons. The van der Waals surface area contributed by atoms with Crippen LogP contribution < -0.4 is 5.32 Å². The van der Waals surface area contributed by atoms with E-state index < -0.39 is 10.7 Å². The topological polar surface area (TPSA) is 75.4 Å². The molecule has 0 spiro atoms. The zero-order valence-corrected chi connectivity index (χ0v) is 13.8.